The van der Waals surface area contributed by atoms with Gasteiger partial charge >= 0.3 is 11.9 Å². The first kappa shape index (κ1) is 29.3. The van der Waals surface area contributed by atoms with Crippen molar-refractivity contribution >= 4 is 17.5 Å². The van der Waals surface area contributed by atoms with Crippen LogP contribution in [0.5, 0.6) is 0 Å². The summed E-state index contributed by atoms with van der Waals surface area (Å²) < 4.78 is 18.1. The number of fused-ring (bicyclic) bond motifs is 1. The van der Waals surface area contributed by atoms with Gasteiger partial charge in [0.05, 0.1) is 18.3 Å². The number of carbonyl (C=O) groups excluding carboxylic acids is 1. The predicted octanol–water partition coefficient (Wildman–Crippen LogP) is 7.40. The molecule has 0 aliphatic carbocycles. The summed E-state index contributed by atoms with van der Waals surface area (Å²) in [6, 6.07) is 30.0. The van der Waals surface area contributed by atoms with Crippen molar-refractivity contribution < 1.29 is 28.9 Å². The van der Waals surface area contributed by atoms with E-state index < -0.39 is 11.6 Å². The van der Waals surface area contributed by atoms with Crippen LogP contribution in [-0.4, -0.2) is 34.9 Å². The SMILES string of the molecule is C=C(c1ccccc1)C12CC(c3ccccc3)OC1CCC(=O)O2.C=C=C1CC(c2ccccc2)OC1CCC(=O)O. The van der Waals surface area contributed by atoms with Crippen molar-refractivity contribution in [2.45, 2.75) is 68.5 Å². The van der Waals surface area contributed by atoms with Crippen LogP contribution in [0.1, 0.15) is 67.4 Å². The highest BCUT2D eigenvalue weighted by Crippen LogP contribution is 2.51. The van der Waals surface area contributed by atoms with Gasteiger partial charge in [-0.2, -0.15) is 0 Å². The number of ether oxygens (including phenoxy) is 3. The van der Waals surface area contributed by atoms with Gasteiger partial charge in [-0.05, 0) is 35.1 Å². The van der Waals surface area contributed by atoms with Crippen LogP contribution in [0.2, 0.25) is 0 Å². The molecule has 3 fully saturated rings. The molecule has 5 atom stereocenters. The number of aliphatic carboxylic acids is 1. The van der Waals surface area contributed by atoms with E-state index in [9.17, 15) is 9.59 Å². The standard InChI is InChI=1S/C21H20O3.C15H16O3/c1-15(16-8-4-2-5-9-16)21-14-18(17-10-6-3-7-11-17)23-19(21)12-13-20(22)24-21;1-2-11-10-14(12-6-4-3-5-7-12)18-13(11)8-9-15(16)17/h2-11,18-19H,1,12-14H2;3-7,13-14H,1,8-10H2,(H,16,17). The second-order valence-corrected chi connectivity index (χ2v) is 10.8. The van der Waals surface area contributed by atoms with Gasteiger partial charge in [0.15, 0.2) is 5.60 Å². The average Bonchev–Trinajstić information content (AvgIpc) is 3.63. The first-order chi connectivity index (χ1) is 20.4. The number of carboxylic acids is 1. The Labute approximate surface area is 246 Å². The van der Waals surface area contributed by atoms with E-state index in [0.29, 0.717) is 25.7 Å². The molecule has 5 unspecified atom stereocenters. The van der Waals surface area contributed by atoms with E-state index in [2.05, 4.69) is 31.0 Å². The lowest BCUT2D eigenvalue weighted by atomic mass is 9.79. The molecule has 1 N–H and O–H groups in total. The quantitative estimate of drug-likeness (QED) is 0.238. The Hall–Kier alpha value is -4.22. The summed E-state index contributed by atoms with van der Waals surface area (Å²) >= 11 is 0. The molecule has 42 heavy (non-hydrogen) atoms. The third kappa shape index (κ3) is 6.47. The molecular formula is C36H36O6. The van der Waals surface area contributed by atoms with Crippen LogP contribution in [0.25, 0.3) is 5.57 Å². The molecule has 6 rings (SSSR count). The van der Waals surface area contributed by atoms with Crippen molar-refractivity contribution in [3.8, 4) is 0 Å². The molecule has 0 amide bonds. The molecule has 216 valence electrons. The van der Waals surface area contributed by atoms with Gasteiger partial charge in [0.25, 0.3) is 0 Å². The van der Waals surface area contributed by atoms with Crippen molar-refractivity contribution in [3.63, 3.8) is 0 Å². The molecule has 3 aromatic carbocycles. The zero-order valence-electron chi connectivity index (χ0n) is 23.6. The van der Waals surface area contributed by atoms with E-state index in [4.69, 9.17) is 19.3 Å². The minimum absolute atomic E-state index is 0.00533. The summed E-state index contributed by atoms with van der Waals surface area (Å²) in [5.74, 6) is -0.967. The Morgan fingerprint density at radius 2 is 1.50 bits per heavy atom. The van der Waals surface area contributed by atoms with Crippen LogP contribution in [0.15, 0.2) is 115 Å². The number of esters is 1. The second-order valence-electron chi connectivity index (χ2n) is 10.8. The highest BCUT2D eigenvalue weighted by Gasteiger charge is 2.56. The number of carbonyl (C=O) groups is 2. The third-order valence-electron chi connectivity index (χ3n) is 8.19. The summed E-state index contributed by atoms with van der Waals surface area (Å²) in [5.41, 5.74) is 7.15. The lowest BCUT2D eigenvalue weighted by Gasteiger charge is -2.38. The summed E-state index contributed by atoms with van der Waals surface area (Å²) in [7, 11) is 0. The van der Waals surface area contributed by atoms with Crippen LogP contribution >= 0.6 is 0 Å². The Morgan fingerprint density at radius 1 is 0.905 bits per heavy atom. The largest absolute Gasteiger partial charge is 0.481 e. The van der Waals surface area contributed by atoms with E-state index in [0.717, 1.165) is 34.3 Å². The molecule has 0 spiro atoms. The monoisotopic (exact) mass is 564 g/mol. The predicted molar refractivity (Wildman–Crippen MR) is 160 cm³/mol. The van der Waals surface area contributed by atoms with Crippen LogP contribution in [0, 0.1) is 0 Å². The molecule has 3 aliphatic rings. The Morgan fingerprint density at radius 3 is 2.10 bits per heavy atom. The lowest BCUT2D eigenvalue weighted by Crippen LogP contribution is -2.47. The van der Waals surface area contributed by atoms with E-state index in [1.54, 1.807) is 0 Å². The first-order valence-electron chi connectivity index (χ1n) is 14.4. The normalized spacial score (nSPS) is 26.3. The molecule has 6 heteroatoms. The van der Waals surface area contributed by atoms with Gasteiger partial charge in [0.1, 0.15) is 6.10 Å². The van der Waals surface area contributed by atoms with E-state index in [1.165, 1.54) is 0 Å². The van der Waals surface area contributed by atoms with Crippen molar-refractivity contribution in [3.05, 3.63) is 132 Å². The number of carboxylic acid groups (broad SMARTS) is 1. The first-order valence-corrected chi connectivity index (χ1v) is 14.4. The fraction of sp³-hybridized carbons (Fsp3) is 0.306. The van der Waals surface area contributed by atoms with E-state index in [-0.39, 0.29) is 36.8 Å². The molecule has 3 heterocycles. The van der Waals surface area contributed by atoms with Crippen molar-refractivity contribution in [2.75, 3.05) is 0 Å². The summed E-state index contributed by atoms with van der Waals surface area (Å²) in [6.07, 6.45) is 2.63. The van der Waals surface area contributed by atoms with E-state index >= 15 is 0 Å². The molecule has 3 aliphatic heterocycles. The molecule has 0 saturated carbocycles. The van der Waals surface area contributed by atoms with Gasteiger partial charge in [-0.25, -0.2) is 0 Å². The van der Waals surface area contributed by atoms with Gasteiger partial charge in [-0.1, -0.05) is 104 Å². The molecule has 3 saturated heterocycles. The fourth-order valence-electron chi connectivity index (χ4n) is 6.01. The number of hydrogen-bond donors (Lipinski definition) is 1. The van der Waals surface area contributed by atoms with Crippen molar-refractivity contribution in [2.24, 2.45) is 0 Å². The smallest absolute Gasteiger partial charge is 0.306 e. The van der Waals surface area contributed by atoms with Crippen molar-refractivity contribution in [1.29, 1.82) is 0 Å². The van der Waals surface area contributed by atoms with Gasteiger partial charge in [-0.15, -0.1) is 5.73 Å². The Balaban J connectivity index is 0.000000176. The molecule has 0 radical (unpaired) electrons. The molecule has 0 aromatic heterocycles. The highest BCUT2D eigenvalue weighted by atomic mass is 16.6. The van der Waals surface area contributed by atoms with Gasteiger partial charge in [-0.3, -0.25) is 9.59 Å². The zero-order valence-corrected chi connectivity index (χ0v) is 23.6. The molecule has 6 nitrogen and oxygen atoms in total. The van der Waals surface area contributed by atoms with Crippen LogP contribution in [0.4, 0.5) is 0 Å². The summed E-state index contributed by atoms with van der Waals surface area (Å²) in [6.45, 7) is 7.95. The number of hydrogen-bond acceptors (Lipinski definition) is 5. The topological polar surface area (TPSA) is 82.1 Å². The lowest BCUT2D eigenvalue weighted by molar-refractivity contribution is -0.167. The van der Waals surface area contributed by atoms with Crippen molar-refractivity contribution in [1.82, 2.24) is 0 Å². The Bertz CT molecular complexity index is 1440. The minimum atomic E-state index is -0.801. The summed E-state index contributed by atoms with van der Waals surface area (Å²) in [5, 5.41) is 8.71. The maximum Gasteiger partial charge on any atom is 0.306 e. The third-order valence-corrected chi connectivity index (χ3v) is 8.19. The van der Waals surface area contributed by atoms with Crippen LogP contribution < -0.4 is 0 Å². The number of rotatable bonds is 7. The maximum atomic E-state index is 12.1. The van der Waals surface area contributed by atoms with Crippen LogP contribution in [-0.2, 0) is 23.8 Å². The zero-order chi connectivity index (χ0) is 29.5. The van der Waals surface area contributed by atoms with E-state index in [1.807, 2.05) is 78.9 Å². The molecule has 3 aromatic rings. The van der Waals surface area contributed by atoms with Gasteiger partial charge in [0.2, 0.25) is 0 Å². The molecular weight excluding hydrogens is 528 g/mol. The molecule has 0 bridgehead atoms. The van der Waals surface area contributed by atoms with Gasteiger partial charge in [0, 0.05) is 31.3 Å². The number of benzene rings is 3. The summed E-state index contributed by atoms with van der Waals surface area (Å²) in [4.78, 5) is 22.7. The highest BCUT2D eigenvalue weighted by molar-refractivity contribution is 5.79. The van der Waals surface area contributed by atoms with Crippen LogP contribution in [0.3, 0.4) is 0 Å². The average molecular weight is 565 g/mol. The fourth-order valence-corrected chi connectivity index (χ4v) is 6.01. The second kappa shape index (κ2) is 13.2. The Kier molecular flexibility index (Phi) is 9.19. The van der Waals surface area contributed by atoms with Gasteiger partial charge < -0.3 is 19.3 Å². The minimum Gasteiger partial charge on any atom is -0.481 e. The maximum absolute atomic E-state index is 12.1.